The van der Waals surface area contributed by atoms with E-state index in [2.05, 4.69) is 16.3 Å². The average molecular weight is 377 g/mol. The Kier molecular flexibility index (Phi) is 9.05. The smallest absolute Gasteiger partial charge is 0.240 e. The molecule has 0 fully saturated rings. The quantitative estimate of drug-likeness (QED) is 0.506. The molecule has 0 amide bonds. The molecule has 0 aliphatic heterocycles. The van der Waals surface area contributed by atoms with Gasteiger partial charge >= 0.3 is 0 Å². The third-order valence-corrected chi connectivity index (χ3v) is 5.10. The highest BCUT2D eigenvalue weighted by Gasteiger charge is 2.14. The molecule has 1 rings (SSSR count). The molecule has 0 spiro atoms. The van der Waals surface area contributed by atoms with Crippen LogP contribution in [-0.4, -0.2) is 21.2 Å². The summed E-state index contributed by atoms with van der Waals surface area (Å²) in [7, 11) is -3.63. The van der Waals surface area contributed by atoms with Crippen molar-refractivity contribution in [1.82, 2.24) is 4.72 Å². The lowest BCUT2D eigenvalue weighted by Crippen LogP contribution is -2.26. The fraction of sp³-hybridized carbons (Fsp3) is 0.211. The zero-order valence-electron chi connectivity index (χ0n) is 14.8. The van der Waals surface area contributed by atoms with Crippen LogP contribution >= 0.6 is 11.3 Å². The molecule has 0 aromatic carbocycles. The van der Waals surface area contributed by atoms with Crippen molar-refractivity contribution in [2.24, 2.45) is 4.99 Å². The molecule has 25 heavy (non-hydrogen) atoms. The SMILES string of the molecule is C=C/C=C(\CNS(=O)(=O)C(/C=C\C)=C/C=C(C)C)N=Cc1cccs1. The number of allylic oxidation sites excluding steroid dienone is 7. The largest absolute Gasteiger partial charge is 0.258 e. The number of aliphatic imine (C=N–C) groups is 1. The summed E-state index contributed by atoms with van der Waals surface area (Å²) in [6.45, 7) is 9.33. The Morgan fingerprint density at radius 1 is 1.32 bits per heavy atom. The second-order valence-electron chi connectivity index (χ2n) is 5.30. The summed E-state index contributed by atoms with van der Waals surface area (Å²) in [5.74, 6) is 0. The van der Waals surface area contributed by atoms with E-state index in [0.717, 1.165) is 10.5 Å². The zero-order valence-corrected chi connectivity index (χ0v) is 16.4. The van der Waals surface area contributed by atoms with Crippen LogP contribution in [0, 0.1) is 0 Å². The van der Waals surface area contributed by atoms with Crippen LogP contribution in [0.15, 0.2) is 81.7 Å². The van der Waals surface area contributed by atoms with Gasteiger partial charge in [0.15, 0.2) is 0 Å². The van der Waals surface area contributed by atoms with E-state index in [4.69, 9.17) is 0 Å². The van der Waals surface area contributed by atoms with Gasteiger partial charge in [0, 0.05) is 11.1 Å². The van der Waals surface area contributed by atoms with Crippen molar-refractivity contribution in [1.29, 1.82) is 0 Å². The lowest BCUT2D eigenvalue weighted by Gasteiger charge is -2.07. The predicted octanol–water partition coefficient (Wildman–Crippen LogP) is 4.58. The molecule has 1 aromatic heterocycles. The van der Waals surface area contributed by atoms with E-state index in [1.807, 2.05) is 31.4 Å². The Hall–Kier alpha value is -2.02. The third-order valence-electron chi connectivity index (χ3n) is 2.88. The van der Waals surface area contributed by atoms with E-state index >= 15 is 0 Å². The van der Waals surface area contributed by atoms with Gasteiger partial charge < -0.3 is 0 Å². The van der Waals surface area contributed by atoms with Crippen molar-refractivity contribution >= 4 is 27.6 Å². The first-order valence-corrected chi connectivity index (χ1v) is 10.1. The van der Waals surface area contributed by atoms with Gasteiger partial charge in [-0.2, -0.15) is 0 Å². The van der Waals surface area contributed by atoms with E-state index in [0.29, 0.717) is 5.70 Å². The second-order valence-corrected chi connectivity index (χ2v) is 8.05. The Balaban J connectivity index is 2.92. The predicted molar refractivity (Wildman–Crippen MR) is 109 cm³/mol. The number of nitrogens with one attached hydrogen (secondary N) is 1. The summed E-state index contributed by atoms with van der Waals surface area (Å²) in [6.07, 6.45) is 11.6. The third kappa shape index (κ3) is 8.07. The van der Waals surface area contributed by atoms with Gasteiger partial charge in [-0.15, -0.1) is 11.3 Å². The molecule has 134 valence electrons. The topological polar surface area (TPSA) is 58.5 Å². The van der Waals surface area contributed by atoms with Crippen LogP contribution < -0.4 is 4.72 Å². The number of nitrogens with zero attached hydrogens (tertiary/aromatic N) is 1. The number of thiophene rings is 1. The molecular formula is C19H24N2O2S2. The Labute approximate surface area is 154 Å². The minimum Gasteiger partial charge on any atom is -0.258 e. The molecule has 1 heterocycles. The highest BCUT2D eigenvalue weighted by atomic mass is 32.2. The van der Waals surface area contributed by atoms with Gasteiger partial charge in [-0.25, -0.2) is 13.1 Å². The van der Waals surface area contributed by atoms with Crippen molar-refractivity contribution in [3.63, 3.8) is 0 Å². The first-order valence-electron chi connectivity index (χ1n) is 7.75. The monoisotopic (exact) mass is 376 g/mol. The molecular weight excluding hydrogens is 352 g/mol. The van der Waals surface area contributed by atoms with Crippen LogP contribution in [-0.2, 0) is 10.0 Å². The van der Waals surface area contributed by atoms with Gasteiger partial charge in [-0.05, 0) is 50.4 Å². The van der Waals surface area contributed by atoms with E-state index in [9.17, 15) is 8.42 Å². The minimum atomic E-state index is -3.63. The molecule has 0 bridgehead atoms. The second kappa shape index (κ2) is 10.8. The number of hydrogen-bond acceptors (Lipinski definition) is 4. The molecule has 0 saturated carbocycles. The van der Waals surface area contributed by atoms with Crippen molar-refractivity contribution in [3.8, 4) is 0 Å². The fourth-order valence-electron chi connectivity index (χ4n) is 1.69. The summed E-state index contributed by atoms with van der Waals surface area (Å²) >= 11 is 1.56. The molecule has 1 N–H and O–H groups in total. The summed E-state index contributed by atoms with van der Waals surface area (Å²) in [6, 6.07) is 3.87. The van der Waals surface area contributed by atoms with Gasteiger partial charge in [0.2, 0.25) is 10.0 Å². The van der Waals surface area contributed by atoms with Crippen molar-refractivity contribution in [2.45, 2.75) is 20.8 Å². The molecule has 0 radical (unpaired) electrons. The van der Waals surface area contributed by atoms with Crippen molar-refractivity contribution in [3.05, 3.63) is 81.6 Å². The standard InChI is InChI=1S/C19H24N2O2S2/c1-5-8-17(20-15-18-10-7-13-24-18)14-21-25(22,23)19(9-6-2)12-11-16(3)4/h5-13,15,21H,1,14H2,2-4H3/b9-6-,17-8+,19-12+,20-15?. The van der Waals surface area contributed by atoms with E-state index in [1.165, 1.54) is 0 Å². The van der Waals surface area contributed by atoms with Crippen LogP contribution in [0.2, 0.25) is 0 Å². The normalized spacial score (nSPS) is 13.6. The number of rotatable bonds is 9. The van der Waals surface area contributed by atoms with E-state index in [1.54, 1.807) is 60.9 Å². The molecule has 0 saturated heterocycles. The highest BCUT2D eigenvalue weighted by Crippen LogP contribution is 2.10. The molecule has 1 aromatic rings. The zero-order chi connectivity index (χ0) is 18.7. The van der Waals surface area contributed by atoms with Crippen molar-refractivity contribution < 1.29 is 8.42 Å². The fourth-order valence-corrected chi connectivity index (χ4v) is 3.35. The summed E-state index contributed by atoms with van der Waals surface area (Å²) in [5, 5.41) is 1.96. The van der Waals surface area contributed by atoms with Crippen LogP contribution in [0.25, 0.3) is 0 Å². The lowest BCUT2D eigenvalue weighted by atomic mass is 10.3. The first kappa shape index (κ1) is 21.0. The molecule has 0 unspecified atom stereocenters. The summed E-state index contributed by atoms with van der Waals surface area (Å²) in [5.41, 5.74) is 1.60. The maximum Gasteiger partial charge on any atom is 0.240 e. The number of hydrogen-bond donors (Lipinski definition) is 1. The van der Waals surface area contributed by atoms with Gasteiger partial charge in [0.25, 0.3) is 0 Å². The number of sulfonamides is 1. The summed E-state index contributed by atoms with van der Waals surface area (Å²) < 4.78 is 27.6. The van der Waals surface area contributed by atoms with E-state index in [-0.39, 0.29) is 11.4 Å². The van der Waals surface area contributed by atoms with Crippen LogP contribution in [0.5, 0.6) is 0 Å². The van der Waals surface area contributed by atoms with Crippen LogP contribution in [0.4, 0.5) is 0 Å². The maximum atomic E-state index is 12.5. The minimum absolute atomic E-state index is 0.0833. The molecule has 0 atom stereocenters. The highest BCUT2D eigenvalue weighted by molar-refractivity contribution is 7.93. The Bertz CT molecular complexity index is 806. The lowest BCUT2D eigenvalue weighted by molar-refractivity contribution is 0.592. The molecule has 6 heteroatoms. The maximum absolute atomic E-state index is 12.5. The molecule has 0 aliphatic rings. The van der Waals surface area contributed by atoms with Gasteiger partial charge in [0.05, 0.1) is 17.1 Å². The Morgan fingerprint density at radius 3 is 2.64 bits per heavy atom. The average Bonchev–Trinajstić information content (AvgIpc) is 3.07. The summed E-state index contributed by atoms with van der Waals surface area (Å²) in [4.78, 5) is 5.54. The van der Waals surface area contributed by atoms with Gasteiger partial charge in [0.1, 0.15) is 0 Å². The van der Waals surface area contributed by atoms with E-state index < -0.39 is 10.0 Å². The Morgan fingerprint density at radius 2 is 2.08 bits per heavy atom. The molecule has 4 nitrogen and oxygen atoms in total. The molecule has 0 aliphatic carbocycles. The first-order chi connectivity index (χ1) is 11.9. The van der Waals surface area contributed by atoms with Crippen LogP contribution in [0.1, 0.15) is 25.6 Å². The van der Waals surface area contributed by atoms with Gasteiger partial charge in [-0.1, -0.05) is 36.4 Å². The van der Waals surface area contributed by atoms with Crippen LogP contribution in [0.3, 0.4) is 0 Å². The van der Waals surface area contributed by atoms with Crippen molar-refractivity contribution in [2.75, 3.05) is 6.54 Å². The van der Waals surface area contributed by atoms with Gasteiger partial charge in [-0.3, -0.25) is 4.99 Å².